The molecule has 0 aromatic rings. The molecule has 0 radical (unpaired) electrons. The van der Waals surface area contributed by atoms with Gasteiger partial charge in [-0.25, -0.2) is 4.79 Å². The Hall–Kier alpha value is -0.660. The number of halogens is 1. The molecule has 0 unspecified atom stereocenters. The fourth-order valence-electron chi connectivity index (χ4n) is 1.00. The van der Waals surface area contributed by atoms with E-state index < -0.39 is 11.8 Å². The summed E-state index contributed by atoms with van der Waals surface area (Å²) >= 11 is 3.19. The topological polar surface area (TPSA) is 66.4 Å². The fourth-order valence-corrected chi connectivity index (χ4v) is 1.73. The van der Waals surface area contributed by atoms with Crippen LogP contribution in [0.15, 0.2) is 5.16 Å². The Balaban J connectivity index is 5.16. The molecular weight excluding hydrogens is 282 g/mol. The van der Waals surface area contributed by atoms with Gasteiger partial charge in [0.15, 0.2) is 0 Å². The molecule has 0 bridgehead atoms. The van der Waals surface area contributed by atoms with E-state index in [1.54, 1.807) is 6.92 Å². The predicted octanol–water partition coefficient (Wildman–Crippen LogP) is 0.936. The summed E-state index contributed by atoms with van der Waals surface area (Å²) in [5.41, 5.74) is -0.0845. The van der Waals surface area contributed by atoms with E-state index in [0.717, 1.165) is 0 Å². The molecule has 0 atom stereocenters. The van der Waals surface area contributed by atoms with Crippen LogP contribution in [0.5, 0.6) is 0 Å². The quantitative estimate of drug-likeness (QED) is 0.230. The van der Waals surface area contributed by atoms with Gasteiger partial charge < -0.3 is 19.0 Å². The first-order valence-electron chi connectivity index (χ1n) is 4.56. The van der Waals surface area contributed by atoms with Crippen LogP contribution in [0.2, 0.25) is 0 Å². The Morgan fingerprint density at radius 3 is 2.19 bits per heavy atom. The number of carbonyl (C=O) groups is 1. The van der Waals surface area contributed by atoms with Gasteiger partial charge in [-0.05, 0) is 6.92 Å². The van der Waals surface area contributed by atoms with Crippen molar-refractivity contribution in [3.8, 4) is 0 Å². The van der Waals surface area contributed by atoms with Gasteiger partial charge in [-0.15, -0.1) is 0 Å². The van der Waals surface area contributed by atoms with Gasteiger partial charge in [0.05, 0.1) is 11.9 Å². The Kier molecular flexibility index (Phi) is 7.27. The number of methoxy groups -OCH3 is 2. The molecule has 0 aliphatic rings. The highest BCUT2D eigenvalue weighted by atomic mass is 79.9. The molecule has 0 aromatic heterocycles. The van der Waals surface area contributed by atoms with Crippen LogP contribution >= 0.6 is 15.9 Å². The number of oxime groups is 1. The SMILES string of the molecule is CCOC(=O)C(=NOC)C(CBr)(OC)OC. The van der Waals surface area contributed by atoms with E-state index in [4.69, 9.17) is 14.2 Å². The van der Waals surface area contributed by atoms with Crippen LogP contribution in [-0.2, 0) is 23.8 Å². The predicted molar refractivity (Wildman–Crippen MR) is 61.6 cm³/mol. The number of hydrogen-bond donors (Lipinski definition) is 0. The lowest BCUT2D eigenvalue weighted by Gasteiger charge is -2.28. The third-order valence-electron chi connectivity index (χ3n) is 1.85. The maximum atomic E-state index is 11.6. The van der Waals surface area contributed by atoms with E-state index in [-0.39, 0.29) is 17.6 Å². The minimum absolute atomic E-state index is 0.0845. The van der Waals surface area contributed by atoms with Crippen molar-refractivity contribution in [2.45, 2.75) is 12.7 Å². The number of ether oxygens (including phenoxy) is 3. The smallest absolute Gasteiger partial charge is 0.361 e. The summed E-state index contributed by atoms with van der Waals surface area (Å²) in [5, 5.41) is 3.81. The molecule has 0 aliphatic carbocycles. The van der Waals surface area contributed by atoms with E-state index in [0.29, 0.717) is 0 Å². The largest absolute Gasteiger partial charge is 0.461 e. The van der Waals surface area contributed by atoms with Crippen LogP contribution in [0, 0.1) is 0 Å². The molecule has 0 fully saturated rings. The van der Waals surface area contributed by atoms with Gasteiger partial charge in [0.2, 0.25) is 11.5 Å². The second kappa shape index (κ2) is 7.59. The van der Waals surface area contributed by atoms with Gasteiger partial charge in [-0.1, -0.05) is 21.1 Å². The highest BCUT2D eigenvalue weighted by molar-refractivity contribution is 9.09. The van der Waals surface area contributed by atoms with Gasteiger partial charge in [-0.3, -0.25) is 0 Å². The van der Waals surface area contributed by atoms with Crippen molar-refractivity contribution >= 4 is 27.6 Å². The monoisotopic (exact) mass is 297 g/mol. The van der Waals surface area contributed by atoms with Crippen molar-refractivity contribution in [2.75, 3.05) is 33.3 Å². The fraction of sp³-hybridized carbons (Fsp3) is 0.778. The molecule has 6 nitrogen and oxygen atoms in total. The van der Waals surface area contributed by atoms with Crippen molar-refractivity contribution in [1.82, 2.24) is 0 Å². The van der Waals surface area contributed by atoms with Crippen molar-refractivity contribution < 1.29 is 23.8 Å². The molecule has 0 amide bonds. The third kappa shape index (κ3) is 3.43. The van der Waals surface area contributed by atoms with Crippen LogP contribution < -0.4 is 0 Å². The van der Waals surface area contributed by atoms with Crippen LogP contribution in [0.1, 0.15) is 6.92 Å². The number of rotatable bonds is 7. The van der Waals surface area contributed by atoms with E-state index in [9.17, 15) is 4.79 Å². The summed E-state index contributed by atoms with van der Waals surface area (Å²) in [5.74, 6) is -1.96. The minimum atomic E-state index is -1.32. The summed E-state index contributed by atoms with van der Waals surface area (Å²) < 4.78 is 15.1. The summed E-state index contributed by atoms with van der Waals surface area (Å²) in [7, 11) is 4.12. The van der Waals surface area contributed by atoms with Gasteiger partial charge in [0, 0.05) is 14.2 Å². The minimum Gasteiger partial charge on any atom is -0.461 e. The van der Waals surface area contributed by atoms with E-state index in [1.807, 2.05) is 0 Å². The zero-order valence-electron chi connectivity index (χ0n) is 9.78. The van der Waals surface area contributed by atoms with Crippen molar-refractivity contribution in [2.24, 2.45) is 5.16 Å². The van der Waals surface area contributed by atoms with E-state index in [1.165, 1.54) is 21.3 Å². The van der Waals surface area contributed by atoms with Crippen LogP contribution in [0.25, 0.3) is 0 Å². The second-order valence-corrected chi connectivity index (χ2v) is 3.20. The van der Waals surface area contributed by atoms with Crippen molar-refractivity contribution in [1.29, 1.82) is 0 Å². The molecule has 0 saturated carbocycles. The van der Waals surface area contributed by atoms with Crippen LogP contribution in [0.3, 0.4) is 0 Å². The number of alkyl halides is 1. The Bertz CT molecular complexity index is 244. The van der Waals surface area contributed by atoms with Crippen LogP contribution in [0.4, 0.5) is 0 Å². The maximum absolute atomic E-state index is 11.6. The Labute approximate surface area is 103 Å². The normalized spacial score (nSPS) is 12.4. The lowest BCUT2D eigenvalue weighted by Crippen LogP contribution is -2.49. The molecule has 0 N–H and O–H groups in total. The summed E-state index contributed by atoms with van der Waals surface area (Å²) in [6.07, 6.45) is 0. The Morgan fingerprint density at radius 2 is 1.88 bits per heavy atom. The van der Waals surface area contributed by atoms with Crippen LogP contribution in [-0.4, -0.2) is 50.7 Å². The second-order valence-electron chi connectivity index (χ2n) is 2.64. The maximum Gasteiger partial charge on any atom is 0.361 e. The van der Waals surface area contributed by atoms with Crippen molar-refractivity contribution in [3.63, 3.8) is 0 Å². The lowest BCUT2D eigenvalue weighted by atomic mass is 10.2. The summed E-state index contributed by atoms with van der Waals surface area (Å²) in [6.45, 7) is 1.92. The van der Waals surface area contributed by atoms with Gasteiger partial charge in [-0.2, -0.15) is 0 Å². The summed E-state index contributed by atoms with van der Waals surface area (Å²) in [4.78, 5) is 16.2. The van der Waals surface area contributed by atoms with Gasteiger partial charge in [0.25, 0.3) is 0 Å². The van der Waals surface area contributed by atoms with Gasteiger partial charge in [0.1, 0.15) is 7.11 Å². The van der Waals surface area contributed by atoms with Crippen molar-refractivity contribution in [3.05, 3.63) is 0 Å². The first kappa shape index (κ1) is 15.3. The molecular formula is C9H16BrNO5. The molecule has 0 heterocycles. The first-order valence-corrected chi connectivity index (χ1v) is 5.69. The summed E-state index contributed by atoms with van der Waals surface area (Å²) in [6, 6.07) is 0. The molecule has 0 aliphatic heterocycles. The molecule has 0 spiro atoms. The number of esters is 1. The van der Waals surface area contributed by atoms with E-state index in [2.05, 4.69) is 25.9 Å². The lowest BCUT2D eigenvalue weighted by molar-refractivity contribution is -0.152. The number of carbonyl (C=O) groups excluding carboxylic acids is 1. The Morgan fingerprint density at radius 1 is 1.31 bits per heavy atom. The highest BCUT2D eigenvalue weighted by Crippen LogP contribution is 2.18. The van der Waals surface area contributed by atoms with E-state index >= 15 is 0 Å². The molecule has 7 heteroatoms. The van der Waals surface area contributed by atoms with Gasteiger partial charge >= 0.3 is 5.97 Å². The number of hydrogen-bond acceptors (Lipinski definition) is 6. The number of nitrogens with zero attached hydrogens (tertiary/aromatic N) is 1. The molecule has 0 rings (SSSR count). The zero-order valence-corrected chi connectivity index (χ0v) is 11.4. The third-order valence-corrected chi connectivity index (χ3v) is 2.59. The highest BCUT2D eigenvalue weighted by Gasteiger charge is 2.41. The molecule has 16 heavy (non-hydrogen) atoms. The molecule has 0 aromatic carbocycles. The first-order chi connectivity index (χ1) is 7.61. The average Bonchev–Trinajstić information content (AvgIpc) is 2.31. The molecule has 94 valence electrons. The average molecular weight is 298 g/mol. The standard InChI is InChI=1S/C9H16BrNO5/c1-5-16-8(12)7(11-15-4)9(6-10,13-2)14-3/h5-6H2,1-4H3. The zero-order chi connectivity index (χ0) is 12.6. The molecule has 0 saturated heterocycles.